The molecule has 0 radical (unpaired) electrons. The molecule has 0 aliphatic carbocycles. The number of unbranched alkanes of at least 4 members (excludes halogenated alkanes) is 1. The van der Waals surface area contributed by atoms with E-state index in [4.69, 9.17) is 21.1 Å². The first-order valence-corrected chi connectivity index (χ1v) is 22.9. The largest absolute Gasteiger partial charge is 0.385 e. The van der Waals surface area contributed by atoms with Crippen LogP contribution in [0.5, 0.6) is 0 Å². The Hall–Kier alpha value is -5.57. The van der Waals surface area contributed by atoms with Crippen molar-refractivity contribution >= 4 is 46.9 Å². The van der Waals surface area contributed by atoms with Gasteiger partial charge in [0.2, 0.25) is 11.8 Å². The normalized spacial score (nSPS) is 14.3. The number of amides is 4. The number of aryl methyl sites for hydroxylation is 1. The quantitative estimate of drug-likeness (QED) is 0.105. The van der Waals surface area contributed by atoms with Crippen molar-refractivity contribution in [2.75, 3.05) is 102 Å². The number of anilines is 2. The summed E-state index contributed by atoms with van der Waals surface area (Å²) in [7, 11) is 1.64. The minimum Gasteiger partial charge on any atom is -0.385 e. The van der Waals surface area contributed by atoms with Gasteiger partial charge in [0.1, 0.15) is 11.6 Å². The van der Waals surface area contributed by atoms with Crippen molar-refractivity contribution in [1.82, 2.24) is 30.4 Å². The summed E-state index contributed by atoms with van der Waals surface area (Å²) in [4.78, 5) is 67.1. The fourth-order valence-electron chi connectivity index (χ4n) is 7.35. The van der Waals surface area contributed by atoms with E-state index in [0.29, 0.717) is 88.1 Å². The minimum absolute atomic E-state index is 0.123. The van der Waals surface area contributed by atoms with E-state index in [9.17, 15) is 19.2 Å². The van der Waals surface area contributed by atoms with E-state index in [1.807, 2.05) is 84.3 Å². The predicted molar refractivity (Wildman–Crippen MR) is 252 cm³/mol. The van der Waals surface area contributed by atoms with Crippen molar-refractivity contribution in [3.63, 3.8) is 0 Å². The molecule has 6 rings (SSSR count). The van der Waals surface area contributed by atoms with E-state index < -0.39 is 0 Å². The molecule has 2 aromatic carbocycles. The lowest BCUT2D eigenvalue weighted by atomic mass is 9.99. The maximum absolute atomic E-state index is 12.9. The molecule has 14 nitrogen and oxygen atoms in total. The van der Waals surface area contributed by atoms with Crippen LogP contribution in [0.15, 0.2) is 85.2 Å². The number of methoxy groups -OCH3 is 1. The summed E-state index contributed by atoms with van der Waals surface area (Å²) in [5, 5.41) is 6.44. The summed E-state index contributed by atoms with van der Waals surface area (Å²) >= 11 is 5.96. The molecule has 15 heteroatoms. The smallest absolute Gasteiger partial charge is 0.252 e. The van der Waals surface area contributed by atoms with Crippen LogP contribution in [0.1, 0.15) is 82.9 Å². The third-order valence-corrected chi connectivity index (χ3v) is 11.7. The van der Waals surface area contributed by atoms with Crippen molar-refractivity contribution in [2.24, 2.45) is 0 Å². The van der Waals surface area contributed by atoms with Gasteiger partial charge < -0.3 is 39.7 Å². The highest BCUT2D eigenvalue weighted by atomic mass is 35.5. The fraction of sp³-hybridized carbons (Fsp3) is 0.469. The zero-order chi connectivity index (χ0) is 45.7. The van der Waals surface area contributed by atoms with E-state index in [1.54, 1.807) is 31.6 Å². The second-order valence-electron chi connectivity index (χ2n) is 16.0. The third-order valence-electron chi connectivity index (χ3n) is 11.4. The number of carbonyl (C=O) groups is 4. The SMILES string of the molecule is CCCCOCCCNC(=O)c1ccc(N2CCN(C(=O)C(C)c3ccc(Cl)cc3)CC2)nc1.COCCCNC(=O)c1ccc(N2CCN(C(=O)Cc3ccccc3C)CC2)nc1. The summed E-state index contributed by atoms with van der Waals surface area (Å²) < 4.78 is 10.5. The third kappa shape index (κ3) is 15.3. The lowest BCUT2D eigenvalue weighted by Crippen LogP contribution is -2.50. The number of piperazine rings is 2. The molecule has 64 heavy (non-hydrogen) atoms. The van der Waals surface area contributed by atoms with Crippen LogP contribution >= 0.6 is 11.6 Å². The second-order valence-corrected chi connectivity index (χ2v) is 16.5. The average Bonchev–Trinajstić information content (AvgIpc) is 3.33. The van der Waals surface area contributed by atoms with E-state index >= 15 is 0 Å². The van der Waals surface area contributed by atoms with E-state index in [1.165, 1.54) is 0 Å². The summed E-state index contributed by atoms with van der Waals surface area (Å²) in [5.74, 6) is 1.48. The highest BCUT2D eigenvalue weighted by Crippen LogP contribution is 2.23. The molecule has 2 aliphatic heterocycles. The molecule has 4 aromatic rings. The van der Waals surface area contributed by atoms with Crippen molar-refractivity contribution < 1.29 is 28.7 Å². The maximum Gasteiger partial charge on any atom is 0.252 e. The first-order chi connectivity index (χ1) is 31.1. The van der Waals surface area contributed by atoms with Gasteiger partial charge in [-0.15, -0.1) is 0 Å². The number of hydrogen-bond donors (Lipinski definition) is 2. The molecule has 0 saturated carbocycles. The number of benzene rings is 2. The van der Waals surface area contributed by atoms with Gasteiger partial charge in [-0.25, -0.2) is 9.97 Å². The van der Waals surface area contributed by atoms with Crippen LogP contribution in [0.2, 0.25) is 5.02 Å². The van der Waals surface area contributed by atoms with Crippen LogP contribution in [-0.2, 0) is 25.5 Å². The topological polar surface area (TPSA) is 150 Å². The number of carbonyl (C=O) groups excluding carboxylic acids is 4. The summed E-state index contributed by atoms with van der Waals surface area (Å²) in [6, 6.07) is 22.8. The second kappa shape index (κ2) is 26.3. The number of nitrogens with zero attached hydrogens (tertiary/aromatic N) is 6. The van der Waals surface area contributed by atoms with Gasteiger partial charge in [0.05, 0.1) is 23.5 Å². The fourth-order valence-corrected chi connectivity index (χ4v) is 7.48. The first-order valence-electron chi connectivity index (χ1n) is 22.5. The summed E-state index contributed by atoms with van der Waals surface area (Å²) in [6.45, 7) is 14.8. The van der Waals surface area contributed by atoms with Crippen LogP contribution in [0, 0.1) is 6.92 Å². The Labute approximate surface area is 383 Å². The maximum atomic E-state index is 12.9. The molecule has 2 fully saturated rings. The number of ether oxygens (including phenoxy) is 2. The van der Waals surface area contributed by atoms with Gasteiger partial charge in [0.25, 0.3) is 11.8 Å². The van der Waals surface area contributed by atoms with E-state index in [2.05, 4.69) is 37.3 Å². The lowest BCUT2D eigenvalue weighted by molar-refractivity contribution is -0.133. The number of aromatic nitrogens is 2. The van der Waals surface area contributed by atoms with Crippen LogP contribution < -0.4 is 20.4 Å². The van der Waals surface area contributed by atoms with Crippen LogP contribution in [0.25, 0.3) is 0 Å². The van der Waals surface area contributed by atoms with Gasteiger partial charge in [-0.1, -0.05) is 61.3 Å². The van der Waals surface area contributed by atoms with Gasteiger partial charge in [0, 0.05) is 110 Å². The molecular formula is C49H65ClN8O6. The Morgan fingerprint density at radius 3 is 1.73 bits per heavy atom. The Morgan fingerprint density at radius 2 is 1.22 bits per heavy atom. The molecule has 2 aromatic heterocycles. The zero-order valence-electron chi connectivity index (χ0n) is 37.9. The van der Waals surface area contributed by atoms with Gasteiger partial charge in [-0.2, -0.15) is 0 Å². The molecule has 0 spiro atoms. The van der Waals surface area contributed by atoms with Crippen molar-refractivity contribution in [1.29, 1.82) is 0 Å². The van der Waals surface area contributed by atoms with Crippen LogP contribution in [0.3, 0.4) is 0 Å². The van der Waals surface area contributed by atoms with Crippen molar-refractivity contribution in [3.05, 3.63) is 118 Å². The molecular weight excluding hydrogens is 832 g/mol. The van der Waals surface area contributed by atoms with Gasteiger partial charge in [-0.05, 0) is 86.2 Å². The standard InChI is InChI=1S/C26H35ClN4O3.C23H30N4O3/c1-3-4-17-34-18-5-12-28-25(32)22-8-11-24(29-19-22)30-13-15-31(16-14-30)26(33)20(2)21-6-9-23(27)10-7-21;1-18-6-3-4-7-19(18)16-22(28)27-13-11-26(12-14-27)21-9-8-20(17-25-21)23(29)24-10-5-15-30-2/h6-11,19-20H,3-5,12-18H2,1-2H3,(H,28,32);3-4,6-9,17H,5,10-16H2,1-2H3,(H,24,29). The molecule has 2 saturated heterocycles. The van der Waals surface area contributed by atoms with Gasteiger partial charge in [0.15, 0.2) is 0 Å². The zero-order valence-corrected chi connectivity index (χ0v) is 38.7. The molecule has 1 unspecified atom stereocenters. The van der Waals surface area contributed by atoms with Gasteiger partial charge in [-0.3, -0.25) is 19.2 Å². The molecule has 1 atom stereocenters. The predicted octanol–water partition coefficient (Wildman–Crippen LogP) is 6.17. The number of pyridine rings is 2. The number of hydrogen-bond acceptors (Lipinski definition) is 10. The molecule has 2 aliphatic rings. The monoisotopic (exact) mass is 896 g/mol. The molecule has 4 amide bonds. The van der Waals surface area contributed by atoms with Crippen molar-refractivity contribution in [2.45, 2.75) is 58.8 Å². The Morgan fingerprint density at radius 1 is 0.688 bits per heavy atom. The Balaban J connectivity index is 0.000000243. The Kier molecular flexibility index (Phi) is 20.3. The van der Waals surface area contributed by atoms with Gasteiger partial charge >= 0.3 is 0 Å². The van der Waals surface area contributed by atoms with E-state index in [0.717, 1.165) is 73.7 Å². The van der Waals surface area contributed by atoms with E-state index in [-0.39, 0.29) is 29.5 Å². The molecule has 4 heterocycles. The minimum atomic E-state index is -0.206. The first kappa shape index (κ1) is 49.4. The highest BCUT2D eigenvalue weighted by Gasteiger charge is 2.27. The number of rotatable bonds is 19. The lowest BCUT2D eigenvalue weighted by Gasteiger charge is -2.36. The number of halogens is 1. The Bertz CT molecular complexity index is 2060. The summed E-state index contributed by atoms with van der Waals surface area (Å²) in [5.41, 5.74) is 4.29. The van der Waals surface area contributed by atoms with Crippen molar-refractivity contribution in [3.8, 4) is 0 Å². The molecule has 2 N–H and O–H groups in total. The molecule has 344 valence electrons. The van der Waals surface area contributed by atoms with Crippen LogP contribution in [-0.4, -0.2) is 136 Å². The molecule has 0 bridgehead atoms. The average molecular weight is 898 g/mol. The summed E-state index contributed by atoms with van der Waals surface area (Å²) in [6.07, 6.45) is 7.43. The highest BCUT2D eigenvalue weighted by molar-refractivity contribution is 6.30. The number of nitrogens with one attached hydrogen (secondary N) is 2. The van der Waals surface area contributed by atoms with Crippen LogP contribution in [0.4, 0.5) is 11.6 Å².